The van der Waals surface area contributed by atoms with Crippen molar-refractivity contribution < 1.29 is 9.85 Å². The molecular formula is C25H34N10O4. The van der Waals surface area contributed by atoms with Crippen molar-refractivity contribution >= 4 is 22.7 Å². The minimum atomic E-state index is -0.438. The molecule has 2 aliphatic rings. The van der Waals surface area contributed by atoms with E-state index in [1.807, 2.05) is 10.0 Å². The fourth-order valence-electron chi connectivity index (χ4n) is 5.06. The lowest BCUT2D eigenvalue weighted by molar-refractivity contribution is -0.385. The molecule has 0 amide bonds. The second kappa shape index (κ2) is 11.4. The molecular weight excluding hydrogens is 504 g/mol. The Labute approximate surface area is 226 Å². The highest BCUT2D eigenvalue weighted by atomic mass is 16.6. The number of hydrogen-bond donors (Lipinski definition) is 0. The molecule has 0 aliphatic carbocycles. The van der Waals surface area contributed by atoms with E-state index in [4.69, 9.17) is 0 Å². The molecule has 2 fully saturated rings. The lowest BCUT2D eigenvalue weighted by atomic mass is 9.90. The molecule has 4 rings (SSSR count). The van der Waals surface area contributed by atoms with Gasteiger partial charge in [0.2, 0.25) is 0 Å². The molecule has 2 aromatic carbocycles. The maximum atomic E-state index is 10.9. The average molecular weight is 539 g/mol. The van der Waals surface area contributed by atoms with Crippen molar-refractivity contribution in [2.24, 2.45) is 31.5 Å². The summed E-state index contributed by atoms with van der Waals surface area (Å²) in [6, 6.07) is 12.0. The van der Waals surface area contributed by atoms with E-state index in [1.54, 1.807) is 24.3 Å². The van der Waals surface area contributed by atoms with Crippen LogP contribution in [0.15, 0.2) is 69.2 Å². The third kappa shape index (κ3) is 7.97. The smallest absolute Gasteiger partial charge is 0.269 e. The van der Waals surface area contributed by atoms with Crippen LogP contribution in [0.2, 0.25) is 0 Å². The quantitative estimate of drug-likeness (QED) is 0.248. The third-order valence-corrected chi connectivity index (χ3v) is 6.35. The molecule has 0 spiro atoms. The number of nitrogens with zero attached hydrogens (tertiary/aromatic N) is 10. The van der Waals surface area contributed by atoms with E-state index in [-0.39, 0.29) is 22.2 Å². The lowest BCUT2D eigenvalue weighted by Crippen LogP contribution is -2.58. The van der Waals surface area contributed by atoms with Gasteiger partial charge in [-0.05, 0) is 35.1 Å². The van der Waals surface area contributed by atoms with Crippen molar-refractivity contribution in [1.29, 1.82) is 0 Å². The van der Waals surface area contributed by atoms with Crippen LogP contribution in [0.1, 0.15) is 27.7 Å². The van der Waals surface area contributed by atoms with Gasteiger partial charge >= 0.3 is 0 Å². The predicted octanol–water partition coefficient (Wildman–Crippen LogP) is 5.36. The molecule has 0 saturated carbocycles. The normalized spacial score (nSPS) is 20.1. The van der Waals surface area contributed by atoms with Gasteiger partial charge in [0.05, 0.1) is 41.2 Å². The van der Waals surface area contributed by atoms with E-state index >= 15 is 0 Å². The van der Waals surface area contributed by atoms with Crippen LogP contribution in [0.5, 0.6) is 0 Å². The Hall–Kier alpha value is -4.04. The zero-order valence-corrected chi connectivity index (χ0v) is 22.7. The maximum absolute atomic E-state index is 10.9. The van der Waals surface area contributed by atoms with Crippen LogP contribution >= 0.6 is 0 Å². The zero-order chi connectivity index (χ0) is 28.2. The highest BCUT2D eigenvalue weighted by Gasteiger charge is 2.35. The number of benzene rings is 2. The molecule has 208 valence electrons. The average Bonchev–Trinajstić information content (AvgIpc) is 2.85. The largest absolute Gasteiger partial charge is 0.271 e. The molecule has 0 bridgehead atoms. The summed E-state index contributed by atoms with van der Waals surface area (Å²) in [4.78, 5) is 25.5. The predicted molar refractivity (Wildman–Crippen MR) is 144 cm³/mol. The summed E-state index contributed by atoms with van der Waals surface area (Å²) in [6.07, 6.45) is 0. The Balaban J connectivity index is 1.39. The molecule has 0 radical (unpaired) electrons. The van der Waals surface area contributed by atoms with Crippen LogP contribution in [-0.2, 0) is 0 Å². The number of rotatable bonds is 8. The summed E-state index contributed by atoms with van der Waals surface area (Å²) >= 11 is 0. The fraction of sp³-hybridized carbons (Fsp3) is 0.520. The summed E-state index contributed by atoms with van der Waals surface area (Å²) in [5.74, 6) is 0. The molecule has 0 N–H and O–H groups in total. The first-order chi connectivity index (χ1) is 18.4. The van der Waals surface area contributed by atoms with Crippen molar-refractivity contribution in [2.75, 3.05) is 46.2 Å². The molecule has 2 aromatic rings. The van der Waals surface area contributed by atoms with E-state index in [9.17, 15) is 20.2 Å². The van der Waals surface area contributed by atoms with Gasteiger partial charge in [-0.1, -0.05) is 38.1 Å². The van der Waals surface area contributed by atoms with E-state index in [0.717, 1.165) is 26.2 Å². The van der Waals surface area contributed by atoms with Crippen molar-refractivity contribution in [3.8, 4) is 0 Å². The summed E-state index contributed by atoms with van der Waals surface area (Å²) in [5.41, 5.74) is 1.11. The Morgan fingerprint density at radius 2 is 1.03 bits per heavy atom. The lowest BCUT2D eigenvalue weighted by Gasteiger charge is -2.47. The molecule has 14 nitrogen and oxygen atoms in total. The van der Waals surface area contributed by atoms with Crippen LogP contribution in [-0.4, -0.2) is 75.8 Å². The SMILES string of the molecule is CC1(C)CN(CN2CN(N=Nc3ccc([N+](=O)[O-])cc3)CC(C)(C)C2)CN(N=Nc2ccc([N+](=O)[O-])cc2)C1. The van der Waals surface area contributed by atoms with Gasteiger partial charge in [0.15, 0.2) is 0 Å². The molecule has 2 heterocycles. The van der Waals surface area contributed by atoms with Crippen LogP contribution < -0.4 is 0 Å². The van der Waals surface area contributed by atoms with E-state index in [1.165, 1.54) is 24.3 Å². The molecule has 2 saturated heterocycles. The van der Waals surface area contributed by atoms with E-state index in [2.05, 4.69) is 58.2 Å². The van der Waals surface area contributed by atoms with E-state index in [0.29, 0.717) is 31.4 Å². The van der Waals surface area contributed by atoms with Gasteiger partial charge in [-0.3, -0.25) is 40.0 Å². The fourth-order valence-corrected chi connectivity index (χ4v) is 5.06. The Kier molecular flexibility index (Phi) is 8.16. The van der Waals surface area contributed by atoms with Gasteiger partial charge in [-0.2, -0.15) is 0 Å². The van der Waals surface area contributed by atoms with Crippen molar-refractivity contribution in [2.45, 2.75) is 27.7 Å². The van der Waals surface area contributed by atoms with Crippen LogP contribution in [0.4, 0.5) is 22.7 Å². The zero-order valence-electron chi connectivity index (χ0n) is 22.7. The first-order valence-electron chi connectivity index (χ1n) is 12.6. The topological polar surface area (TPSA) is 149 Å². The molecule has 2 aliphatic heterocycles. The van der Waals surface area contributed by atoms with Gasteiger partial charge in [-0.25, -0.2) is 0 Å². The Bertz CT molecular complexity index is 1130. The van der Waals surface area contributed by atoms with Crippen molar-refractivity contribution in [3.05, 3.63) is 68.8 Å². The summed E-state index contributed by atoms with van der Waals surface area (Å²) in [5, 5.41) is 43.1. The number of non-ortho nitro benzene ring substituents is 2. The van der Waals surface area contributed by atoms with Gasteiger partial charge in [0.25, 0.3) is 11.4 Å². The molecule has 0 atom stereocenters. The first-order valence-corrected chi connectivity index (χ1v) is 12.6. The molecule has 14 heteroatoms. The summed E-state index contributed by atoms with van der Waals surface area (Å²) in [6.45, 7) is 13.9. The van der Waals surface area contributed by atoms with Crippen LogP contribution in [0.3, 0.4) is 0 Å². The Morgan fingerprint density at radius 1 is 0.667 bits per heavy atom. The highest BCUT2D eigenvalue weighted by molar-refractivity contribution is 5.44. The maximum Gasteiger partial charge on any atom is 0.269 e. The monoisotopic (exact) mass is 538 g/mol. The van der Waals surface area contributed by atoms with Gasteiger partial charge < -0.3 is 0 Å². The van der Waals surface area contributed by atoms with Gasteiger partial charge in [0, 0.05) is 50.4 Å². The number of nitro groups is 2. The van der Waals surface area contributed by atoms with Crippen molar-refractivity contribution in [1.82, 2.24) is 19.8 Å². The third-order valence-electron chi connectivity index (χ3n) is 6.35. The number of hydrogen-bond acceptors (Lipinski definition) is 10. The highest BCUT2D eigenvalue weighted by Crippen LogP contribution is 2.29. The minimum Gasteiger partial charge on any atom is -0.271 e. The molecule has 0 aromatic heterocycles. The van der Waals surface area contributed by atoms with Gasteiger partial charge in [0.1, 0.15) is 0 Å². The molecule has 0 unspecified atom stereocenters. The molecule has 39 heavy (non-hydrogen) atoms. The minimum absolute atomic E-state index is 0.0185. The van der Waals surface area contributed by atoms with E-state index < -0.39 is 9.85 Å². The Morgan fingerprint density at radius 3 is 1.36 bits per heavy atom. The second-order valence-electron chi connectivity index (χ2n) is 11.7. The van der Waals surface area contributed by atoms with Crippen LogP contribution in [0.25, 0.3) is 0 Å². The van der Waals surface area contributed by atoms with Crippen molar-refractivity contribution in [3.63, 3.8) is 0 Å². The van der Waals surface area contributed by atoms with Gasteiger partial charge in [-0.15, -0.1) is 10.2 Å². The summed E-state index contributed by atoms with van der Waals surface area (Å²) < 4.78 is 0. The second-order valence-corrected chi connectivity index (χ2v) is 11.7. The first kappa shape index (κ1) is 28.0. The number of nitro benzene ring substituents is 2. The van der Waals surface area contributed by atoms with Crippen LogP contribution in [0, 0.1) is 31.1 Å². The summed E-state index contributed by atoms with van der Waals surface area (Å²) in [7, 11) is 0. The standard InChI is InChI=1S/C25H34N10O4/c1-24(2)13-30(18-32(15-24)28-26-20-5-9-22(10-6-20)34(36)37)17-31-14-25(3,4)16-33(19-31)29-27-21-7-11-23(12-8-21)35(38)39/h5-12H,13-19H2,1-4H3.